The van der Waals surface area contributed by atoms with Crippen molar-refractivity contribution in [2.75, 3.05) is 5.32 Å². The summed E-state index contributed by atoms with van der Waals surface area (Å²) in [6.45, 7) is 6.39. The SMILES string of the molecule is Cc1cc(C)c(NC=C2C(=O)OC(C)(C)OC2=O)c(C(=O)O)c1. The van der Waals surface area contributed by atoms with Crippen molar-refractivity contribution < 1.29 is 29.0 Å². The van der Waals surface area contributed by atoms with E-state index in [0.717, 1.165) is 11.8 Å². The van der Waals surface area contributed by atoms with Crippen molar-refractivity contribution in [2.24, 2.45) is 0 Å². The van der Waals surface area contributed by atoms with Gasteiger partial charge in [0, 0.05) is 20.0 Å². The number of benzene rings is 1. The van der Waals surface area contributed by atoms with Crippen LogP contribution in [0.25, 0.3) is 0 Å². The van der Waals surface area contributed by atoms with Crippen molar-refractivity contribution in [3.8, 4) is 0 Å². The molecule has 7 heteroatoms. The minimum absolute atomic E-state index is 0.0391. The number of carbonyl (C=O) groups is 3. The second-order valence-electron chi connectivity index (χ2n) is 5.69. The lowest BCUT2D eigenvalue weighted by atomic mass is 10.0. The van der Waals surface area contributed by atoms with Gasteiger partial charge in [-0.2, -0.15) is 0 Å². The van der Waals surface area contributed by atoms with Crippen LogP contribution in [0.2, 0.25) is 0 Å². The first-order chi connectivity index (χ1) is 10.6. The Hall–Kier alpha value is -2.83. The smallest absolute Gasteiger partial charge is 0.350 e. The van der Waals surface area contributed by atoms with Crippen LogP contribution < -0.4 is 5.32 Å². The topological polar surface area (TPSA) is 102 Å². The van der Waals surface area contributed by atoms with E-state index in [9.17, 15) is 19.5 Å². The molecule has 23 heavy (non-hydrogen) atoms. The van der Waals surface area contributed by atoms with Gasteiger partial charge in [0.05, 0.1) is 11.3 Å². The summed E-state index contributed by atoms with van der Waals surface area (Å²) < 4.78 is 9.93. The minimum atomic E-state index is -1.32. The zero-order valence-corrected chi connectivity index (χ0v) is 13.2. The Morgan fingerprint density at radius 1 is 1.17 bits per heavy atom. The maximum Gasteiger partial charge on any atom is 0.350 e. The molecule has 7 nitrogen and oxygen atoms in total. The van der Waals surface area contributed by atoms with Gasteiger partial charge >= 0.3 is 17.9 Å². The van der Waals surface area contributed by atoms with Crippen LogP contribution in [0.15, 0.2) is 23.9 Å². The van der Waals surface area contributed by atoms with Gasteiger partial charge in [0.25, 0.3) is 5.79 Å². The maximum atomic E-state index is 11.9. The van der Waals surface area contributed by atoms with Gasteiger partial charge in [-0.3, -0.25) is 0 Å². The van der Waals surface area contributed by atoms with E-state index < -0.39 is 23.7 Å². The van der Waals surface area contributed by atoms with E-state index in [2.05, 4.69) is 5.32 Å². The molecule has 0 spiro atoms. The maximum absolute atomic E-state index is 11.9. The largest absolute Gasteiger partial charge is 0.478 e. The number of aryl methyl sites for hydroxylation is 2. The predicted octanol–water partition coefficient (Wildman–Crippen LogP) is 2.13. The summed E-state index contributed by atoms with van der Waals surface area (Å²) in [7, 11) is 0. The third-order valence-electron chi connectivity index (χ3n) is 3.19. The van der Waals surface area contributed by atoms with Gasteiger partial charge in [0.2, 0.25) is 0 Å². The first-order valence-corrected chi connectivity index (χ1v) is 6.88. The molecule has 2 rings (SSSR count). The molecule has 1 heterocycles. The summed E-state index contributed by atoms with van der Waals surface area (Å²) in [5, 5.41) is 12.0. The van der Waals surface area contributed by atoms with Crippen LogP contribution >= 0.6 is 0 Å². The van der Waals surface area contributed by atoms with Crippen molar-refractivity contribution in [3.63, 3.8) is 0 Å². The Balaban J connectivity index is 2.35. The van der Waals surface area contributed by atoms with Crippen molar-refractivity contribution in [1.29, 1.82) is 0 Å². The van der Waals surface area contributed by atoms with Gasteiger partial charge in [-0.05, 0) is 31.0 Å². The third-order valence-corrected chi connectivity index (χ3v) is 3.19. The standard InChI is InChI=1S/C16H17NO6/c1-8-5-9(2)12(10(6-8)13(18)19)17-7-11-14(20)22-16(3,4)23-15(11)21/h5-7,17H,1-4H3,(H,18,19). The summed E-state index contributed by atoms with van der Waals surface area (Å²) in [5.74, 6) is -4.11. The summed E-state index contributed by atoms with van der Waals surface area (Å²) in [6.07, 6.45) is 1.10. The monoisotopic (exact) mass is 319 g/mol. The molecule has 1 fully saturated rings. The number of rotatable bonds is 3. The summed E-state index contributed by atoms with van der Waals surface area (Å²) >= 11 is 0. The zero-order valence-electron chi connectivity index (χ0n) is 13.2. The van der Waals surface area contributed by atoms with Crippen molar-refractivity contribution >= 4 is 23.6 Å². The summed E-state index contributed by atoms with van der Waals surface area (Å²) in [6, 6.07) is 3.28. The molecular weight excluding hydrogens is 302 g/mol. The van der Waals surface area contributed by atoms with E-state index in [1.54, 1.807) is 19.9 Å². The average Bonchev–Trinajstić information content (AvgIpc) is 2.37. The Kier molecular flexibility index (Phi) is 4.14. The highest BCUT2D eigenvalue weighted by molar-refractivity contribution is 6.15. The predicted molar refractivity (Wildman–Crippen MR) is 80.8 cm³/mol. The number of carbonyl (C=O) groups excluding carboxylic acids is 2. The molecule has 0 unspecified atom stereocenters. The molecule has 0 atom stereocenters. The van der Waals surface area contributed by atoms with Gasteiger partial charge in [-0.1, -0.05) is 6.07 Å². The number of hydrogen-bond acceptors (Lipinski definition) is 6. The van der Waals surface area contributed by atoms with Crippen molar-refractivity contribution in [2.45, 2.75) is 33.5 Å². The van der Waals surface area contributed by atoms with E-state index in [-0.39, 0.29) is 11.1 Å². The van der Waals surface area contributed by atoms with Crippen LogP contribution in [0.1, 0.15) is 35.3 Å². The van der Waals surface area contributed by atoms with Crippen LogP contribution in [-0.4, -0.2) is 28.8 Å². The molecule has 0 radical (unpaired) electrons. The summed E-state index contributed by atoms with van der Waals surface area (Å²) in [5.41, 5.74) is 1.45. The van der Waals surface area contributed by atoms with E-state index in [4.69, 9.17) is 9.47 Å². The highest BCUT2D eigenvalue weighted by atomic mass is 16.7. The number of esters is 2. The van der Waals surface area contributed by atoms with Crippen LogP contribution in [0.4, 0.5) is 5.69 Å². The van der Waals surface area contributed by atoms with Gasteiger partial charge in [-0.25, -0.2) is 14.4 Å². The Bertz CT molecular complexity index is 710. The fourth-order valence-electron chi connectivity index (χ4n) is 2.25. The Morgan fingerprint density at radius 2 is 1.74 bits per heavy atom. The Labute approximate surface area is 132 Å². The number of carboxylic acid groups (broad SMARTS) is 1. The molecule has 0 bridgehead atoms. The first kappa shape index (κ1) is 16.5. The van der Waals surface area contributed by atoms with Gasteiger partial charge in [0.15, 0.2) is 5.57 Å². The minimum Gasteiger partial charge on any atom is -0.478 e. The molecule has 1 aromatic carbocycles. The highest BCUT2D eigenvalue weighted by Crippen LogP contribution is 2.25. The molecule has 0 saturated carbocycles. The number of carboxylic acids is 1. The highest BCUT2D eigenvalue weighted by Gasteiger charge is 2.39. The summed E-state index contributed by atoms with van der Waals surface area (Å²) in [4.78, 5) is 35.1. The van der Waals surface area contributed by atoms with Gasteiger partial charge < -0.3 is 19.9 Å². The fourth-order valence-corrected chi connectivity index (χ4v) is 2.25. The fraction of sp³-hybridized carbons (Fsp3) is 0.312. The lowest BCUT2D eigenvalue weighted by molar-refractivity contribution is -0.222. The number of cyclic esters (lactones) is 2. The van der Waals surface area contributed by atoms with Crippen LogP contribution in [0.5, 0.6) is 0 Å². The quantitative estimate of drug-likeness (QED) is 0.500. The molecule has 2 N–H and O–H groups in total. The molecule has 0 amide bonds. The molecular formula is C16H17NO6. The first-order valence-electron chi connectivity index (χ1n) is 6.88. The molecule has 122 valence electrons. The van der Waals surface area contributed by atoms with Gasteiger partial charge in [0.1, 0.15) is 0 Å². The molecule has 1 aliphatic heterocycles. The van der Waals surface area contributed by atoms with Crippen LogP contribution in [0.3, 0.4) is 0 Å². The second-order valence-corrected chi connectivity index (χ2v) is 5.69. The zero-order chi connectivity index (χ0) is 17.4. The third kappa shape index (κ3) is 3.50. The lowest BCUT2D eigenvalue weighted by Crippen LogP contribution is -2.42. The lowest BCUT2D eigenvalue weighted by Gasteiger charge is -2.29. The van der Waals surface area contributed by atoms with Crippen LogP contribution in [0, 0.1) is 13.8 Å². The average molecular weight is 319 g/mol. The van der Waals surface area contributed by atoms with E-state index in [0.29, 0.717) is 11.3 Å². The normalized spacial score (nSPS) is 16.4. The molecule has 0 aromatic heterocycles. The van der Waals surface area contributed by atoms with E-state index in [1.165, 1.54) is 19.9 Å². The van der Waals surface area contributed by atoms with Gasteiger partial charge in [-0.15, -0.1) is 0 Å². The second kappa shape index (κ2) is 5.75. The molecule has 1 saturated heterocycles. The van der Waals surface area contributed by atoms with Crippen LogP contribution in [-0.2, 0) is 19.1 Å². The van der Waals surface area contributed by atoms with Crippen molar-refractivity contribution in [1.82, 2.24) is 0 Å². The number of aromatic carboxylic acids is 1. The Morgan fingerprint density at radius 3 is 2.26 bits per heavy atom. The van der Waals surface area contributed by atoms with E-state index >= 15 is 0 Å². The number of hydrogen-bond donors (Lipinski definition) is 2. The van der Waals surface area contributed by atoms with E-state index in [1.807, 2.05) is 0 Å². The molecule has 1 aromatic rings. The number of anilines is 1. The van der Waals surface area contributed by atoms with Crippen molar-refractivity contribution in [3.05, 3.63) is 40.6 Å². The molecule has 0 aliphatic carbocycles. The number of nitrogens with one attached hydrogen (secondary N) is 1. The number of ether oxygens (including phenoxy) is 2. The molecule has 1 aliphatic rings.